The molecule has 0 spiro atoms. The van der Waals surface area contributed by atoms with Crippen LogP contribution in [-0.2, 0) is 14.3 Å². The number of morpholine rings is 1. The van der Waals surface area contributed by atoms with E-state index in [2.05, 4.69) is 16.7 Å². The molecule has 6 nitrogen and oxygen atoms in total. The molecule has 2 saturated heterocycles. The molecule has 0 aromatic carbocycles. The standard InChI is InChI=1S/C16H25N3O3/c1-3-4-16(21)18-6-5-15(13-18)19(14(2)20)8-7-17-9-11-22-12-10-17/h15H,5-13H2,1-2H3. The van der Waals surface area contributed by atoms with E-state index in [0.717, 1.165) is 39.3 Å². The van der Waals surface area contributed by atoms with E-state index >= 15 is 0 Å². The highest BCUT2D eigenvalue weighted by Crippen LogP contribution is 2.16. The van der Waals surface area contributed by atoms with E-state index < -0.39 is 0 Å². The number of hydrogen-bond acceptors (Lipinski definition) is 4. The molecule has 0 N–H and O–H groups in total. The van der Waals surface area contributed by atoms with Crippen LogP contribution in [0.5, 0.6) is 0 Å². The van der Waals surface area contributed by atoms with Crippen LogP contribution in [0.3, 0.4) is 0 Å². The molecule has 0 bridgehead atoms. The number of carbonyl (C=O) groups is 2. The zero-order valence-corrected chi connectivity index (χ0v) is 13.5. The van der Waals surface area contributed by atoms with Crippen LogP contribution >= 0.6 is 0 Å². The maximum Gasteiger partial charge on any atom is 0.298 e. The average Bonchev–Trinajstić information content (AvgIpc) is 2.98. The minimum atomic E-state index is -0.137. The number of rotatable bonds is 4. The fourth-order valence-electron chi connectivity index (χ4n) is 3.04. The molecule has 0 radical (unpaired) electrons. The first-order chi connectivity index (χ1) is 10.6. The molecular weight excluding hydrogens is 282 g/mol. The Hall–Kier alpha value is -1.58. The molecule has 2 aliphatic heterocycles. The van der Waals surface area contributed by atoms with Crippen molar-refractivity contribution in [3.63, 3.8) is 0 Å². The van der Waals surface area contributed by atoms with Gasteiger partial charge in [-0.25, -0.2) is 0 Å². The molecule has 122 valence electrons. The molecule has 0 saturated carbocycles. The molecule has 2 rings (SSSR count). The summed E-state index contributed by atoms with van der Waals surface area (Å²) in [5.74, 6) is 5.15. The smallest absolute Gasteiger partial charge is 0.298 e. The summed E-state index contributed by atoms with van der Waals surface area (Å²) in [5, 5.41) is 0. The monoisotopic (exact) mass is 307 g/mol. The second-order valence-electron chi connectivity index (χ2n) is 5.74. The summed E-state index contributed by atoms with van der Waals surface area (Å²) in [6.45, 7) is 9.49. The van der Waals surface area contributed by atoms with Crippen LogP contribution in [0.2, 0.25) is 0 Å². The number of nitrogens with zero attached hydrogens (tertiary/aromatic N) is 3. The second kappa shape index (κ2) is 8.16. The van der Waals surface area contributed by atoms with Crippen molar-refractivity contribution in [2.45, 2.75) is 26.3 Å². The summed E-state index contributed by atoms with van der Waals surface area (Å²) in [5.41, 5.74) is 0. The maximum absolute atomic E-state index is 12.0. The summed E-state index contributed by atoms with van der Waals surface area (Å²) in [7, 11) is 0. The van der Waals surface area contributed by atoms with Gasteiger partial charge >= 0.3 is 0 Å². The number of carbonyl (C=O) groups excluding carboxylic acids is 2. The minimum Gasteiger partial charge on any atom is -0.379 e. The van der Waals surface area contributed by atoms with Gasteiger partial charge in [-0.15, -0.1) is 0 Å². The predicted molar refractivity (Wildman–Crippen MR) is 83.1 cm³/mol. The van der Waals surface area contributed by atoms with Crippen LogP contribution in [0.25, 0.3) is 0 Å². The third-order valence-electron chi connectivity index (χ3n) is 4.29. The molecule has 1 atom stereocenters. The SMILES string of the molecule is CC#CC(=O)N1CCC(N(CCN2CCOCC2)C(C)=O)C1. The molecule has 22 heavy (non-hydrogen) atoms. The minimum absolute atomic E-state index is 0.0779. The topological polar surface area (TPSA) is 53.1 Å². The molecule has 1 unspecified atom stereocenters. The maximum atomic E-state index is 12.0. The zero-order valence-electron chi connectivity index (χ0n) is 13.5. The van der Waals surface area contributed by atoms with Gasteiger partial charge in [-0.1, -0.05) is 5.92 Å². The average molecular weight is 307 g/mol. The van der Waals surface area contributed by atoms with Crippen LogP contribution < -0.4 is 0 Å². The van der Waals surface area contributed by atoms with Gasteiger partial charge in [-0.3, -0.25) is 14.5 Å². The Morgan fingerprint density at radius 1 is 1.27 bits per heavy atom. The van der Waals surface area contributed by atoms with E-state index in [9.17, 15) is 9.59 Å². The lowest BCUT2D eigenvalue weighted by atomic mass is 10.2. The number of amides is 2. The van der Waals surface area contributed by atoms with Crippen molar-refractivity contribution in [1.82, 2.24) is 14.7 Å². The highest BCUT2D eigenvalue weighted by molar-refractivity contribution is 5.93. The quantitative estimate of drug-likeness (QED) is 0.675. The van der Waals surface area contributed by atoms with Crippen LogP contribution in [0.15, 0.2) is 0 Å². The number of likely N-dealkylation sites (tertiary alicyclic amines) is 1. The normalized spacial score (nSPS) is 22.1. The Bertz CT molecular complexity index is 463. The van der Waals surface area contributed by atoms with E-state index in [1.165, 1.54) is 0 Å². The summed E-state index contributed by atoms with van der Waals surface area (Å²) >= 11 is 0. The Balaban J connectivity index is 1.86. The van der Waals surface area contributed by atoms with Crippen molar-refractivity contribution in [1.29, 1.82) is 0 Å². The van der Waals surface area contributed by atoms with Crippen LogP contribution in [0.1, 0.15) is 20.3 Å². The Morgan fingerprint density at radius 3 is 2.64 bits per heavy atom. The van der Waals surface area contributed by atoms with Crippen LogP contribution in [0, 0.1) is 11.8 Å². The molecule has 2 fully saturated rings. The van der Waals surface area contributed by atoms with Gasteiger partial charge in [0.15, 0.2) is 0 Å². The van der Waals surface area contributed by atoms with Crippen molar-refractivity contribution >= 4 is 11.8 Å². The fourth-order valence-corrected chi connectivity index (χ4v) is 3.04. The van der Waals surface area contributed by atoms with E-state index in [1.807, 2.05) is 4.90 Å². The second-order valence-corrected chi connectivity index (χ2v) is 5.74. The third kappa shape index (κ3) is 4.46. The van der Waals surface area contributed by atoms with Crippen molar-refractivity contribution in [3.05, 3.63) is 0 Å². The summed E-state index contributed by atoms with van der Waals surface area (Å²) in [6.07, 6.45) is 0.833. The number of hydrogen-bond donors (Lipinski definition) is 0. The largest absolute Gasteiger partial charge is 0.379 e. The summed E-state index contributed by atoms with van der Waals surface area (Å²) in [6, 6.07) is 0.112. The van der Waals surface area contributed by atoms with Crippen LogP contribution in [-0.4, -0.2) is 85.0 Å². The molecule has 2 amide bonds. The van der Waals surface area contributed by atoms with Gasteiger partial charge in [0.1, 0.15) is 0 Å². The van der Waals surface area contributed by atoms with E-state index in [-0.39, 0.29) is 17.9 Å². The molecule has 2 heterocycles. The highest BCUT2D eigenvalue weighted by atomic mass is 16.5. The van der Waals surface area contributed by atoms with E-state index in [1.54, 1.807) is 18.7 Å². The Labute approximate surface area is 132 Å². The Kier molecular flexibility index (Phi) is 6.22. The lowest BCUT2D eigenvalue weighted by Crippen LogP contribution is -2.47. The summed E-state index contributed by atoms with van der Waals surface area (Å²) < 4.78 is 5.34. The molecule has 2 aliphatic rings. The van der Waals surface area contributed by atoms with E-state index in [0.29, 0.717) is 19.6 Å². The Morgan fingerprint density at radius 2 is 2.00 bits per heavy atom. The highest BCUT2D eigenvalue weighted by Gasteiger charge is 2.31. The van der Waals surface area contributed by atoms with Gasteiger partial charge in [0.25, 0.3) is 5.91 Å². The van der Waals surface area contributed by atoms with Gasteiger partial charge in [0.05, 0.1) is 19.3 Å². The molecule has 0 aliphatic carbocycles. The molecule has 6 heteroatoms. The van der Waals surface area contributed by atoms with Crippen molar-refractivity contribution < 1.29 is 14.3 Å². The van der Waals surface area contributed by atoms with Crippen LogP contribution in [0.4, 0.5) is 0 Å². The van der Waals surface area contributed by atoms with Gasteiger partial charge in [0.2, 0.25) is 5.91 Å². The van der Waals surface area contributed by atoms with Gasteiger partial charge in [-0.05, 0) is 19.3 Å². The first kappa shape index (κ1) is 16.8. The first-order valence-corrected chi connectivity index (χ1v) is 7.90. The number of ether oxygens (including phenoxy) is 1. The molecule has 0 aromatic heterocycles. The fraction of sp³-hybridized carbons (Fsp3) is 0.750. The van der Waals surface area contributed by atoms with Crippen molar-refractivity contribution in [2.75, 3.05) is 52.5 Å². The third-order valence-corrected chi connectivity index (χ3v) is 4.29. The predicted octanol–water partition coefficient (Wildman–Crippen LogP) is -0.209. The van der Waals surface area contributed by atoms with Gasteiger partial charge in [-0.2, -0.15) is 0 Å². The lowest BCUT2D eigenvalue weighted by molar-refractivity contribution is -0.132. The van der Waals surface area contributed by atoms with Gasteiger partial charge in [0, 0.05) is 46.2 Å². The van der Waals surface area contributed by atoms with Gasteiger partial charge < -0.3 is 14.5 Å². The van der Waals surface area contributed by atoms with Crippen molar-refractivity contribution in [3.8, 4) is 11.8 Å². The molecular formula is C16H25N3O3. The first-order valence-electron chi connectivity index (χ1n) is 7.90. The molecule has 0 aromatic rings. The van der Waals surface area contributed by atoms with Crippen molar-refractivity contribution in [2.24, 2.45) is 0 Å². The van der Waals surface area contributed by atoms with E-state index in [4.69, 9.17) is 4.74 Å². The zero-order chi connectivity index (χ0) is 15.9. The lowest BCUT2D eigenvalue weighted by Gasteiger charge is -2.32. The summed E-state index contributed by atoms with van der Waals surface area (Å²) in [4.78, 5) is 29.7.